The lowest BCUT2D eigenvalue weighted by atomic mass is 9.56. The Morgan fingerprint density at radius 2 is 1.58 bits per heavy atom. The monoisotopic (exact) mass is 267 g/mol. The molecule has 0 aromatic carbocycles. The molecule has 1 unspecified atom stereocenters. The van der Waals surface area contributed by atoms with Gasteiger partial charge in [0.25, 0.3) is 0 Å². The van der Waals surface area contributed by atoms with Crippen molar-refractivity contribution in [2.24, 2.45) is 28.4 Å². The molecular weight excluding hydrogens is 234 g/mol. The van der Waals surface area contributed by atoms with Crippen molar-refractivity contribution in [2.75, 3.05) is 6.54 Å². The van der Waals surface area contributed by atoms with Crippen LogP contribution >= 0.6 is 0 Å². The minimum absolute atomic E-state index is 0.00926. The average Bonchev–Trinajstić information content (AvgIpc) is 3.21. The van der Waals surface area contributed by atoms with E-state index in [0.29, 0.717) is 17.9 Å². The molecule has 2 fully saturated rings. The smallest absolute Gasteiger partial charge is 0.0741 e. The van der Waals surface area contributed by atoms with E-state index in [1.165, 1.54) is 25.7 Å². The van der Waals surface area contributed by atoms with Crippen molar-refractivity contribution < 1.29 is 5.11 Å². The van der Waals surface area contributed by atoms with Crippen LogP contribution in [0.2, 0.25) is 0 Å². The van der Waals surface area contributed by atoms with Crippen LogP contribution in [0.4, 0.5) is 0 Å². The van der Waals surface area contributed by atoms with Crippen molar-refractivity contribution in [3.05, 3.63) is 0 Å². The van der Waals surface area contributed by atoms with Crippen LogP contribution in [-0.4, -0.2) is 17.3 Å². The highest BCUT2D eigenvalue weighted by Gasteiger charge is 2.57. The van der Waals surface area contributed by atoms with Gasteiger partial charge in [0.2, 0.25) is 0 Å². The largest absolute Gasteiger partial charge is 0.389 e. The first-order valence-electron chi connectivity index (χ1n) is 8.21. The summed E-state index contributed by atoms with van der Waals surface area (Å²) < 4.78 is 0. The molecule has 1 atom stereocenters. The summed E-state index contributed by atoms with van der Waals surface area (Å²) >= 11 is 0. The molecule has 0 amide bonds. The maximum Gasteiger partial charge on any atom is 0.0741 e. The zero-order valence-corrected chi connectivity index (χ0v) is 13.3. The molecule has 2 rings (SSSR count). The second-order valence-electron chi connectivity index (χ2n) is 8.18. The predicted molar refractivity (Wildman–Crippen MR) is 80.9 cm³/mol. The van der Waals surface area contributed by atoms with Gasteiger partial charge in [-0.05, 0) is 62.2 Å². The topological polar surface area (TPSA) is 46.2 Å². The summed E-state index contributed by atoms with van der Waals surface area (Å²) in [5, 5.41) is 11.2. The second kappa shape index (κ2) is 5.04. The van der Waals surface area contributed by atoms with Gasteiger partial charge in [0.05, 0.1) is 5.60 Å². The van der Waals surface area contributed by atoms with E-state index in [1.54, 1.807) is 0 Å². The van der Waals surface area contributed by atoms with Crippen molar-refractivity contribution in [1.29, 1.82) is 0 Å². The first-order chi connectivity index (χ1) is 8.79. The van der Waals surface area contributed by atoms with Crippen molar-refractivity contribution in [2.45, 2.75) is 78.2 Å². The lowest BCUT2D eigenvalue weighted by Gasteiger charge is -2.52. The van der Waals surface area contributed by atoms with Gasteiger partial charge < -0.3 is 10.8 Å². The second-order valence-corrected chi connectivity index (χ2v) is 8.18. The van der Waals surface area contributed by atoms with Crippen molar-refractivity contribution in [3.8, 4) is 0 Å². The van der Waals surface area contributed by atoms with E-state index in [2.05, 4.69) is 27.7 Å². The molecule has 0 aliphatic heterocycles. The third kappa shape index (κ3) is 2.58. The maximum atomic E-state index is 11.2. The lowest BCUT2D eigenvalue weighted by Crippen LogP contribution is -2.56. The Morgan fingerprint density at radius 3 is 1.89 bits per heavy atom. The highest BCUT2D eigenvalue weighted by molar-refractivity contribution is 5.08. The first kappa shape index (κ1) is 15.3. The molecule has 2 aliphatic carbocycles. The Balaban J connectivity index is 2.13. The van der Waals surface area contributed by atoms with Gasteiger partial charge in [-0.3, -0.25) is 0 Å². The zero-order chi connectivity index (χ0) is 14.3. The minimum atomic E-state index is -0.495. The third-order valence-electron chi connectivity index (χ3n) is 6.27. The maximum absolute atomic E-state index is 11.2. The summed E-state index contributed by atoms with van der Waals surface area (Å²) in [4.78, 5) is 0. The molecule has 2 aliphatic rings. The van der Waals surface area contributed by atoms with Gasteiger partial charge in [0.15, 0.2) is 0 Å². The average molecular weight is 267 g/mol. The van der Waals surface area contributed by atoms with Gasteiger partial charge in [-0.1, -0.05) is 27.7 Å². The Morgan fingerprint density at radius 1 is 1.05 bits per heavy atom. The Labute approximate surface area is 119 Å². The van der Waals surface area contributed by atoms with E-state index >= 15 is 0 Å². The van der Waals surface area contributed by atoms with Crippen LogP contribution in [-0.2, 0) is 0 Å². The van der Waals surface area contributed by atoms with E-state index in [4.69, 9.17) is 5.73 Å². The molecule has 0 bridgehead atoms. The molecule has 0 aromatic heterocycles. The Bertz CT molecular complexity index is 308. The number of nitrogens with two attached hydrogens (primary N) is 1. The Hall–Kier alpha value is -0.0800. The van der Waals surface area contributed by atoms with Crippen molar-refractivity contribution >= 4 is 0 Å². The highest BCUT2D eigenvalue weighted by atomic mass is 16.3. The molecular formula is C17H33NO. The van der Waals surface area contributed by atoms with Crippen molar-refractivity contribution in [1.82, 2.24) is 0 Å². The fourth-order valence-electron chi connectivity index (χ4n) is 4.51. The molecule has 0 heterocycles. The molecule has 0 radical (unpaired) electrons. The zero-order valence-electron chi connectivity index (χ0n) is 13.3. The fourth-order valence-corrected chi connectivity index (χ4v) is 4.51. The number of aliphatic hydroxyl groups is 1. The summed E-state index contributed by atoms with van der Waals surface area (Å²) in [6.07, 6.45) is 7.97. The third-order valence-corrected chi connectivity index (χ3v) is 6.27. The molecule has 2 saturated carbocycles. The minimum Gasteiger partial charge on any atom is -0.389 e. The van der Waals surface area contributed by atoms with Gasteiger partial charge in [0.1, 0.15) is 0 Å². The number of hydrogen-bond donors (Lipinski definition) is 2. The fraction of sp³-hybridized carbons (Fsp3) is 1.00. The van der Waals surface area contributed by atoms with Gasteiger partial charge in [-0.15, -0.1) is 0 Å². The summed E-state index contributed by atoms with van der Waals surface area (Å²) in [7, 11) is 0. The summed E-state index contributed by atoms with van der Waals surface area (Å²) in [5.74, 6) is 1.31. The SMILES string of the molecule is CCC(O)(C1CC1)C1(CN)CCC(C(C)(C)C)CC1. The van der Waals surface area contributed by atoms with Crippen LogP contribution < -0.4 is 5.73 Å². The molecule has 0 spiro atoms. The number of hydrogen-bond acceptors (Lipinski definition) is 2. The van der Waals surface area contributed by atoms with Crippen LogP contribution in [0.5, 0.6) is 0 Å². The van der Waals surface area contributed by atoms with Crippen LogP contribution in [0, 0.1) is 22.7 Å². The molecule has 0 aromatic rings. The van der Waals surface area contributed by atoms with E-state index in [0.717, 1.165) is 25.2 Å². The van der Waals surface area contributed by atoms with Crippen molar-refractivity contribution in [3.63, 3.8) is 0 Å². The lowest BCUT2D eigenvalue weighted by molar-refractivity contribution is -0.128. The standard InChI is InChI=1S/C17H33NO/c1-5-17(19,14-6-7-14)16(12-18)10-8-13(9-11-16)15(2,3)4/h13-14,19H,5-12,18H2,1-4H3. The number of rotatable bonds is 4. The normalized spacial score (nSPS) is 36.0. The molecule has 2 heteroatoms. The molecule has 112 valence electrons. The summed E-state index contributed by atoms with van der Waals surface area (Å²) in [5.41, 5.74) is 6.05. The van der Waals surface area contributed by atoms with Crippen LogP contribution in [0.1, 0.15) is 72.6 Å². The van der Waals surface area contributed by atoms with Crippen LogP contribution in [0.3, 0.4) is 0 Å². The van der Waals surface area contributed by atoms with Crippen LogP contribution in [0.15, 0.2) is 0 Å². The molecule has 19 heavy (non-hydrogen) atoms. The van der Waals surface area contributed by atoms with Gasteiger partial charge >= 0.3 is 0 Å². The molecule has 3 N–H and O–H groups in total. The quantitative estimate of drug-likeness (QED) is 0.815. The van der Waals surface area contributed by atoms with E-state index in [-0.39, 0.29) is 5.41 Å². The summed E-state index contributed by atoms with van der Waals surface area (Å²) in [6, 6.07) is 0. The Kier molecular flexibility index (Phi) is 4.06. The predicted octanol–water partition coefficient (Wildman–Crippen LogP) is 3.72. The van der Waals surface area contributed by atoms with Gasteiger partial charge in [0, 0.05) is 12.0 Å². The van der Waals surface area contributed by atoms with Gasteiger partial charge in [-0.2, -0.15) is 0 Å². The first-order valence-corrected chi connectivity index (χ1v) is 8.21. The van der Waals surface area contributed by atoms with Gasteiger partial charge in [-0.25, -0.2) is 0 Å². The van der Waals surface area contributed by atoms with E-state index < -0.39 is 5.60 Å². The summed E-state index contributed by atoms with van der Waals surface area (Å²) in [6.45, 7) is 9.84. The molecule has 0 saturated heterocycles. The van der Waals surface area contributed by atoms with E-state index in [1.807, 2.05) is 0 Å². The van der Waals surface area contributed by atoms with Crippen LogP contribution in [0.25, 0.3) is 0 Å². The highest BCUT2D eigenvalue weighted by Crippen LogP contribution is 2.57. The van der Waals surface area contributed by atoms with E-state index in [9.17, 15) is 5.11 Å². The molecule has 2 nitrogen and oxygen atoms in total.